The van der Waals surface area contributed by atoms with Gasteiger partial charge in [-0.25, -0.2) is 4.79 Å². The second-order valence-corrected chi connectivity index (χ2v) is 6.98. The van der Waals surface area contributed by atoms with Gasteiger partial charge in [0.15, 0.2) is 0 Å². The van der Waals surface area contributed by atoms with Gasteiger partial charge >= 0.3 is 6.09 Å². The van der Waals surface area contributed by atoms with Crippen LogP contribution in [0.2, 0.25) is 0 Å². The smallest absolute Gasteiger partial charge is 0.407 e. The number of carbonyl (C=O) groups is 3. The molecule has 1 aliphatic heterocycles. The summed E-state index contributed by atoms with van der Waals surface area (Å²) in [5.74, 6) is -0.519. The molecular weight excluding hydrogens is 346 g/mol. The van der Waals surface area contributed by atoms with E-state index in [-0.39, 0.29) is 24.3 Å². The fourth-order valence-corrected chi connectivity index (χ4v) is 3.20. The van der Waals surface area contributed by atoms with Gasteiger partial charge in [-0.2, -0.15) is 0 Å². The Morgan fingerprint density at radius 2 is 1.93 bits per heavy atom. The molecule has 27 heavy (non-hydrogen) atoms. The van der Waals surface area contributed by atoms with Crippen LogP contribution in [0, 0.1) is 5.92 Å². The third-order valence-electron chi connectivity index (χ3n) is 4.63. The van der Waals surface area contributed by atoms with Crippen molar-refractivity contribution in [3.05, 3.63) is 35.9 Å². The zero-order chi connectivity index (χ0) is 19.8. The van der Waals surface area contributed by atoms with Crippen LogP contribution in [0.3, 0.4) is 0 Å². The number of hydrogen-bond donors (Lipinski definition) is 2. The molecule has 1 aromatic rings. The molecule has 0 bridgehead atoms. The Balaban J connectivity index is 2.00. The van der Waals surface area contributed by atoms with Gasteiger partial charge in [0.2, 0.25) is 11.8 Å². The van der Waals surface area contributed by atoms with Crippen LogP contribution in [0.4, 0.5) is 4.79 Å². The SMILES string of the molecule is CCOC(=O)N[C@H](C(=O)N1CCC[C@H]1C(=O)NCc1ccccc1)C(C)C. The largest absolute Gasteiger partial charge is 0.450 e. The van der Waals surface area contributed by atoms with Crippen molar-refractivity contribution in [3.63, 3.8) is 0 Å². The molecular formula is C20H29N3O4. The van der Waals surface area contributed by atoms with Gasteiger partial charge in [-0.1, -0.05) is 44.2 Å². The summed E-state index contributed by atoms with van der Waals surface area (Å²) >= 11 is 0. The van der Waals surface area contributed by atoms with Crippen molar-refractivity contribution < 1.29 is 19.1 Å². The molecule has 1 saturated heterocycles. The number of hydrogen-bond acceptors (Lipinski definition) is 4. The molecule has 3 amide bonds. The minimum Gasteiger partial charge on any atom is -0.450 e. The lowest BCUT2D eigenvalue weighted by molar-refractivity contribution is -0.140. The van der Waals surface area contributed by atoms with Crippen molar-refractivity contribution >= 4 is 17.9 Å². The molecule has 2 rings (SSSR count). The van der Waals surface area contributed by atoms with E-state index >= 15 is 0 Å². The maximum absolute atomic E-state index is 13.0. The highest BCUT2D eigenvalue weighted by Crippen LogP contribution is 2.20. The van der Waals surface area contributed by atoms with Crippen LogP contribution in [0.15, 0.2) is 30.3 Å². The molecule has 1 aliphatic rings. The topological polar surface area (TPSA) is 87.7 Å². The summed E-state index contributed by atoms with van der Waals surface area (Å²) in [5, 5.41) is 5.54. The third-order valence-corrected chi connectivity index (χ3v) is 4.63. The van der Waals surface area contributed by atoms with Gasteiger partial charge < -0.3 is 20.3 Å². The first-order chi connectivity index (χ1) is 12.9. The Hall–Kier alpha value is -2.57. The average molecular weight is 375 g/mol. The molecule has 0 aliphatic carbocycles. The molecule has 0 saturated carbocycles. The highest BCUT2D eigenvalue weighted by molar-refractivity contribution is 5.92. The molecule has 1 heterocycles. The molecule has 7 nitrogen and oxygen atoms in total. The number of amides is 3. The van der Waals surface area contributed by atoms with Gasteiger partial charge in [-0.15, -0.1) is 0 Å². The lowest BCUT2D eigenvalue weighted by Gasteiger charge is -2.30. The van der Waals surface area contributed by atoms with Gasteiger partial charge in [0, 0.05) is 13.1 Å². The van der Waals surface area contributed by atoms with E-state index in [1.54, 1.807) is 11.8 Å². The van der Waals surface area contributed by atoms with Crippen LogP contribution in [0.5, 0.6) is 0 Å². The highest BCUT2D eigenvalue weighted by Gasteiger charge is 2.38. The Morgan fingerprint density at radius 1 is 1.22 bits per heavy atom. The molecule has 1 aromatic carbocycles. The molecule has 148 valence electrons. The summed E-state index contributed by atoms with van der Waals surface area (Å²) in [5.41, 5.74) is 1.01. The minimum absolute atomic E-state index is 0.115. The molecule has 2 N–H and O–H groups in total. The second-order valence-electron chi connectivity index (χ2n) is 6.98. The predicted molar refractivity (Wildman–Crippen MR) is 102 cm³/mol. The summed E-state index contributed by atoms with van der Waals surface area (Å²) in [4.78, 5) is 39.0. The summed E-state index contributed by atoms with van der Waals surface area (Å²) in [6.07, 6.45) is 0.768. The van der Waals surface area contributed by atoms with E-state index < -0.39 is 18.2 Å². The number of rotatable bonds is 7. The monoisotopic (exact) mass is 375 g/mol. The standard InChI is InChI=1S/C20H29N3O4/c1-4-27-20(26)22-17(14(2)3)19(25)23-12-8-11-16(23)18(24)21-13-15-9-6-5-7-10-15/h5-7,9-10,14,16-17H,4,8,11-13H2,1-3H3,(H,21,24)(H,22,26)/t16-,17-/m0/s1. The molecule has 7 heteroatoms. The van der Waals surface area contributed by atoms with Crippen LogP contribution >= 0.6 is 0 Å². The second kappa shape index (κ2) is 9.94. The Labute approximate surface area is 160 Å². The highest BCUT2D eigenvalue weighted by atomic mass is 16.5. The van der Waals surface area contributed by atoms with Crippen molar-refractivity contribution in [1.29, 1.82) is 0 Å². The van der Waals surface area contributed by atoms with E-state index in [1.807, 2.05) is 44.2 Å². The number of carbonyl (C=O) groups excluding carboxylic acids is 3. The van der Waals surface area contributed by atoms with E-state index in [4.69, 9.17) is 4.74 Å². The van der Waals surface area contributed by atoms with Gasteiger partial charge in [-0.05, 0) is 31.2 Å². The van der Waals surface area contributed by atoms with Crippen LogP contribution in [0.1, 0.15) is 39.2 Å². The van der Waals surface area contributed by atoms with Crippen LogP contribution in [0.25, 0.3) is 0 Å². The van der Waals surface area contributed by atoms with Crippen molar-refractivity contribution in [3.8, 4) is 0 Å². The fraction of sp³-hybridized carbons (Fsp3) is 0.550. The molecule has 0 spiro atoms. The normalized spacial score (nSPS) is 17.5. The van der Waals surface area contributed by atoms with E-state index in [9.17, 15) is 14.4 Å². The summed E-state index contributed by atoms with van der Waals surface area (Å²) in [6, 6.07) is 8.41. The third kappa shape index (κ3) is 5.70. The first-order valence-corrected chi connectivity index (χ1v) is 9.49. The van der Waals surface area contributed by atoms with Crippen molar-refractivity contribution in [1.82, 2.24) is 15.5 Å². The number of benzene rings is 1. The van der Waals surface area contributed by atoms with Crippen molar-refractivity contribution in [2.24, 2.45) is 5.92 Å². The molecule has 0 unspecified atom stereocenters. The Kier molecular flexibility index (Phi) is 7.64. The average Bonchev–Trinajstić information content (AvgIpc) is 3.14. The minimum atomic E-state index is -0.716. The predicted octanol–water partition coefficient (Wildman–Crippen LogP) is 2.06. The molecule has 1 fully saturated rings. The summed E-state index contributed by atoms with van der Waals surface area (Å²) < 4.78 is 4.90. The first-order valence-electron chi connectivity index (χ1n) is 9.49. The molecule has 2 atom stereocenters. The maximum atomic E-state index is 13.0. The van der Waals surface area contributed by atoms with E-state index in [2.05, 4.69) is 10.6 Å². The molecule has 0 aromatic heterocycles. The van der Waals surface area contributed by atoms with Crippen molar-refractivity contribution in [2.45, 2.75) is 52.2 Å². The molecule has 0 radical (unpaired) electrons. The first kappa shape index (κ1) is 20.7. The quantitative estimate of drug-likeness (QED) is 0.764. The zero-order valence-electron chi connectivity index (χ0n) is 16.2. The van der Waals surface area contributed by atoms with Crippen LogP contribution in [-0.2, 0) is 20.9 Å². The summed E-state index contributed by atoms with van der Waals surface area (Å²) in [6.45, 7) is 6.59. The number of nitrogens with zero attached hydrogens (tertiary/aromatic N) is 1. The maximum Gasteiger partial charge on any atom is 0.407 e. The number of alkyl carbamates (subject to hydrolysis) is 1. The number of ether oxygens (including phenoxy) is 1. The van der Waals surface area contributed by atoms with Gasteiger partial charge in [0.25, 0.3) is 0 Å². The summed E-state index contributed by atoms with van der Waals surface area (Å²) in [7, 11) is 0. The number of likely N-dealkylation sites (tertiary alicyclic amines) is 1. The van der Waals surface area contributed by atoms with Gasteiger partial charge in [0.05, 0.1) is 6.61 Å². The van der Waals surface area contributed by atoms with Crippen molar-refractivity contribution in [2.75, 3.05) is 13.2 Å². The van der Waals surface area contributed by atoms with Gasteiger partial charge in [0.1, 0.15) is 12.1 Å². The zero-order valence-corrected chi connectivity index (χ0v) is 16.2. The lowest BCUT2D eigenvalue weighted by Crippen LogP contribution is -2.55. The lowest BCUT2D eigenvalue weighted by atomic mass is 10.0. The van der Waals surface area contributed by atoms with E-state index in [0.717, 1.165) is 12.0 Å². The van der Waals surface area contributed by atoms with Crippen LogP contribution in [-0.4, -0.2) is 48.0 Å². The van der Waals surface area contributed by atoms with E-state index in [1.165, 1.54) is 0 Å². The van der Waals surface area contributed by atoms with E-state index in [0.29, 0.717) is 19.5 Å². The Bertz CT molecular complexity index is 648. The number of nitrogens with one attached hydrogen (secondary N) is 2. The fourth-order valence-electron chi connectivity index (χ4n) is 3.20. The Morgan fingerprint density at radius 3 is 2.56 bits per heavy atom. The van der Waals surface area contributed by atoms with Gasteiger partial charge in [-0.3, -0.25) is 9.59 Å². The van der Waals surface area contributed by atoms with Crippen LogP contribution < -0.4 is 10.6 Å².